The Morgan fingerprint density at radius 1 is 0.970 bits per heavy atom. The first-order chi connectivity index (χ1) is 16.0. The molecule has 0 radical (unpaired) electrons. The van der Waals surface area contributed by atoms with Crippen LogP contribution in [0.3, 0.4) is 0 Å². The number of nitrogens with zero attached hydrogens (tertiary/aromatic N) is 2. The predicted octanol–water partition coefficient (Wildman–Crippen LogP) is 3.95. The van der Waals surface area contributed by atoms with Crippen LogP contribution in [0.25, 0.3) is 6.08 Å². The van der Waals surface area contributed by atoms with Crippen LogP contribution < -0.4 is 24.8 Å². The van der Waals surface area contributed by atoms with Crippen LogP contribution in [0, 0.1) is 0 Å². The monoisotopic (exact) mass is 486 g/mol. The lowest BCUT2D eigenvalue weighted by molar-refractivity contribution is -0.114. The van der Waals surface area contributed by atoms with Gasteiger partial charge in [-0.15, -0.1) is 10.2 Å². The molecule has 0 fully saturated rings. The second kappa shape index (κ2) is 11.9. The molecule has 33 heavy (non-hydrogen) atoms. The summed E-state index contributed by atoms with van der Waals surface area (Å²) in [4.78, 5) is 24.3. The molecule has 172 valence electrons. The van der Waals surface area contributed by atoms with E-state index in [0.717, 1.165) is 5.56 Å². The molecule has 0 aliphatic heterocycles. The summed E-state index contributed by atoms with van der Waals surface area (Å²) in [5, 5.41) is 13.7. The van der Waals surface area contributed by atoms with E-state index in [1.54, 1.807) is 63.8 Å². The molecule has 0 atom stereocenters. The molecule has 0 saturated heterocycles. The highest BCUT2D eigenvalue weighted by molar-refractivity contribution is 8.01. The van der Waals surface area contributed by atoms with Gasteiger partial charge in [0.1, 0.15) is 5.75 Å². The molecule has 2 aromatic carbocycles. The Hall–Kier alpha value is -3.57. The van der Waals surface area contributed by atoms with Crippen LogP contribution in [0.2, 0.25) is 0 Å². The second-order valence-corrected chi connectivity index (χ2v) is 8.58. The smallest absolute Gasteiger partial charge is 0.250 e. The minimum Gasteiger partial charge on any atom is -0.497 e. The summed E-state index contributed by atoms with van der Waals surface area (Å²) in [5.74, 6) is 1.52. The first kappa shape index (κ1) is 24.1. The van der Waals surface area contributed by atoms with E-state index in [1.807, 2.05) is 6.07 Å². The van der Waals surface area contributed by atoms with Crippen molar-refractivity contribution in [2.75, 3.05) is 37.7 Å². The van der Waals surface area contributed by atoms with Gasteiger partial charge < -0.3 is 19.5 Å². The Balaban J connectivity index is 1.48. The zero-order valence-corrected chi connectivity index (χ0v) is 19.8. The van der Waals surface area contributed by atoms with Gasteiger partial charge in [-0.3, -0.25) is 14.9 Å². The van der Waals surface area contributed by atoms with Gasteiger partial charge in [0, 0.05) is 11.8 Å². The fourth-order valence-corrected chi connectivity index (χ4v) is 4.15. The molecule has 0 unspecified atom stereocenters. The Labute approximate surface area is 199 Å². The molecule has 9 nitrogen and oxygen atoms in total. The van der Waals surface area contributed by atoms with E-state index in [-0.39, 0.29) is 17.6 Å². The molecule has 3 aromatic rings. The summed E-state index contributed by atoms with van der Waals surface area (Å²) >= 11 is 2.42. The van der Waals surface area contributed by atoms with E-state index >= 15 is 0 Å². The molecule has 1 aromatic heterocycles. The number of rotatable bonds is 10. The molecule has 1 heterocycles. The SMILES string of the molecule is COc1ccc(NC(=O)CSc2nnc(NC(=O)/C=C/c3ccc(OC)c(OC)c3)s2)cc1. The van der Waals surface area contributed by atoms with Gasteiger partial charge in [0.2, 0.25) is 16.9 Å². The molecule has 0 aliphatic carbocycles. The maximum Gasteiger partial charge on any atom is 0.250 e. The largest absolute Gasteiger partial charge is 0.497 e. The number of carbonyl (C=O) groups excluding carboxylic acids is 2. The van der Waals surface area contributed by atoms with Crippen molar-refractivity contribution in [3.05, 3.63) is 54.1 Å². The van der Waals surface area contributed by atoms with E-state index in [2.05, 4.69) is 20.8 Å². The fraction of sp³-hybridized carbons (Fsp3) is 0.182. The normalized spacial score (nSPS) is 10.6. The summed E-state index contributed by atoms with van der Waals surface area (Å²) < 4.78 is 16.1. The van der Waals surface area contributed by atoms with Crippen LogP contribution >= 0.6 is 23.1 Å². The number of amides is 2. The van der Waals surface area contributed by atoms with Crippen molar-refractivity contribution in [1.29, 1.82) is 0 Å². The van der Waals surface area contributed by atoms with Crippen LogP contribution in [0.15, 0.2) is 52.9 Å². The quantitative estimate of drug-likeness (QED) is 0.252. The lowest BCUT2D eigenvalue weighted by Crippen LogP contribution is -2.13. The summed E-state index contributed by atoms with van der Waals surface area (Å²) in [5.41, 5.74) is 1.45. The van der Waals surface area contributed by atoms with Gasteiger partial charge in [-0.2, -0.15) is 0 Å². The lowest BCUT2D eigenvalue weighted by atomic mass is 10.2. The third-order valence-electron chi connectivity index (χ3n) is 4.17. The van der Waals surface area contributed by atoms with Crippen molar-refractivity contribution in [1.82, 2.24) is 10.2 Å². The highest BCUT2D eigenvalue weighted by Crippen LogP contribution is 2.28. The number of nitrogens with one attached hydrogen (secondary N) is 2. The molecule has 0 aliphatic rings. The first-order valence-electron chi connectivity index (χ1n) is 9.62. The van der Waals surface area contributed by atoms with Gasteiger partial charge in [0.15, 0.2) is 15.8 Å². The number of methoxy groups -OCH3 is 3. The van der Waals surface area contributed by atoms with E-state index in [9.17, 15) is 9.59 Å². The second-order valence-electron chi connectivity index (χ2n) is 6.38. The number of benzene rings is 2. The predicted molar refractivity (Wildman–Crippen MR) is 129 cm³/mol. The maximum atomic E-state index is 12.2. The highest BCUT2D eigenvalue weighted by Gasteiger charge is 2.10. The Bertz CT molecular complexity index is 1130. The maximum absolute atomic E-state index is 12.2. The van der Waals surface area contributed by atoms with Gasteiger partial charge in [-0.25, -0.2) is 0 Å². The lowest BCUT2D eigenvalue weighted by Gasteiger charge is -2.07. The van der Waals surface area contributed by atoms with Gasteiger partial charge in [0.05, 0.1) is 27.1 Å². The van der Waals surface area contributed by atoms with Crippen molar-refractivity contribution >= 4 is 51.8 Å². The van der Waals surface area contributed by atoms with Gasteiger partial charge >= 0.3 is 0 Å². The van der Waals surface area contributed by atoms with Crippen molar-refractivity contribution in [3.8, 4) is 17.2 Å². The summed E-state index contributed by atoms with van der Waals surface area (Å²) in [6, 6.07) is 12.4. The molecule has 0 bridgehead atoms. The van der Waals surface area contributed by atoms with Crippen molar-refractivity contribution < 1.29 is 23.8 Å². The molecule has 2 amide bonds. The highest BCUT2D eigenvalue weighted by atomic mass is 32.2. The number of aromatic nitrogens is 2. The van der Waals surface area contributed by atoms with E-state index in [4.69, 9.17) is 14.2 Å². The van der Waals surface area contributed by atoms with Crippen LogP contribution in [0.4, 0.5) is 10.8 Å². The number of carbonyl (C=O) groups is 2. The minimum atomic E-state index is -0.352. The van der Waals surface area contributed by atoms with Crippen molar-refractivity contribution in [3.63, 3.8) is 0 Å². The summed E-state index contributed by atoms with van der Waals surface area (Å²) in [6.07, 6.45) is 3.04. The van der Waals surface area contributed by atoms with Gasteiger partial charge in [0.25, 0.3) is 0 Å². The average molecular weight is 487 g/mol. The number of anilines is 2. The number of hydrogen-bond acceptors (Lipinski definition) is 9. The number of ether oxygens (including phenoxy) is 3. The van der Waals surface area contributed by atoms with Crippen LogP contribution in [-0.2, 0) is 9.59 Å². The zero-order chi connectivity index (χ0) is 23.6. The van der Waals surface area contributed by atoms with Crippen molar-refractivity contribution in [2.45, 2.75) is 4.34 Å². The molecule has 11 heteroatoms. The fourth-order valence-electron chi connectivity index (χ4n) is 2.59. The third-order valence-corrected chi connectivity index (χ3v) is 6.14. The summed E-state index contributed by atoms with van der Waals surface area (Å²) in [7, 11) is 4.69. The average Bonchev–Trinajstić information content (AvgIpc) is 3.28. The standard InChI is InChI=1S/C22H22N4O5S2/c1-29-16-8-6-15(7-9-16)23-20(28)13-32-22-26-25-21(33-22)24-19(27)11-5-14-4-10-17(30-2)18(12-14)31-3/h4-12H,13H2,1-3H3,(H,23,28)(H,24,25,27)/b11-5+. The topological polar surface area (TPSA) is 112 Å². The van der Waals surface area contributed by atoms with E-state index < -0.39 is 0 Å². The Morgan fingerprint density at radius 2 is 1.73 bits per heavy atom. The zero-order valence-electron chi connectivity index (χ0n) is 18.2. The van der Waals surface area contributed by atoms with Crippen LogP contribution in [0.1, 0.15) is 5.56 Å². The third kappa shape index (κ3) is 7.22. The molecule has 0 saturated carbocycles. The minimum absolute atomic E-state index is 0.161. The number of hydrogen-bond donors (Lipinski definition) is 2. The number of thioether (sulfide) groups is 1. The first-order valence-corrected chi connectivity index (χ1v) is 11.4. The van der Waals surface area contributed by atoms with Crippen molar-refractivity contribution in [2.24, 2.45) is 0 Å². The van der Waals surface area contributed by atoms with Gasteiger partial charge in [-0.05, 0) is 48.0 Å². The van der Waals surface area contributed by atoms with E-state index in [1.165, 1.54) is 29.2 Å². The van der Waals surface area contributed by atoms with Gasteiger partial charge in [-0.1, -0.05) is 29.2 Å². The molecular weight excluding hydrogens is 464 g/mol. The molecule has 0 spiro atoms. The van der Waals surface area contributed by atoms with Crippen LogP contribution in [-0.4, -0.2) is 49.1 Å². The molecular formula is C22H22N4O5S2. The molecule has 3 rings (SSSR count). The Morgan fingerprint density at radius 3 is 2.42 bits per heavy atom. The Kier molecular flexibility index (Phi) is 8.67. The van der Waals surface area contributed by atoms with Crippen LogP contribution in [0.5, 0.6) is 17.2 Å². The summed E-state index contributed by atoms with van der Waals surface area (Å²) in [6.45, 7) is 0. The molecule has 2 N–H and O–H groups in total. The van der Waals surface area contributed by atoms with E-state index in [0.29, 0.717) is 32.4 Å².